The number of hydrogen-bond donors (Lipinski definition) is 1. The number of nitrogens with one attached hydrogen (secondary N) is 1. The molecule has 17 heavy (non-hydrogen) atoms. The number of likely N-dealkylation sites (N-methyl/N-ethyl adjacent to an activating group) is 1. The molecule has 1 aromatic carbocycles. The third kappa shape index (κ3) is 2.94. The van der Waals surface area contributed by atoms with E-state index in [-0.39, 0.29) is 6.04 Å². The highest BCUT2D eigenvalue weighted by Gasteiger charge is 2.13. The van der Waals surface area contributed by atoms with Gasteiger partial charge in [-0.3, -0.25) is 0 Å². The van der Waals surface area contributed by atoms with Gasteiger partial charge in [0.15, 0.2) is 5.89 Å². The van der Waals surface area contributed by atoms with E-state index in [9.17, 15) is 0 Å². The van der Waals surface area contributed by atoms with E-state index in [0.29, 0.717) is 5.89 Å². The van der Waals surface area contributed by atoms with Crippen LogP contribution in [-0.4, -0.2) is 12.0 Å². The highest BCUT2D eigenvalue weighted by molar-refractivity contribution is 5.24. The summed E-state index contributed by atoms with van der Waals surface area (Å²) < 4.78 is 5.26. The number of hydrogen-bond acceptors (Lipinski definition) is 3. The van der Waals surface area contributed by atoms with E-state index in [1.807, 2.05) is 14.0 Å². The van der Waals surface area contributed by atoms with Gasteiger partial charge in [-0.15, -0.1) is 0 Å². The Hall–Kier alpha value is -1.61. The van der Waals surface area contributed by atoms with E-state index in [0.717, 1.165) is 12.1 Å². The fraction of sp³-hybridized carbons (Fsp3) is 0.357. The van der Waals surface area contributed by atoms with Gasteiger partial charge in [-0.1, -0.05) is 29.8 Å². The first-order chi connectivity index (χ1) is 8.19. The van der Waals surface area contributed by atoms with E-state index in [1.165, 1.54) is 11.1 Å². The lowest BCUT2D eigenvalue weighted by atomic mass is 10.0. The monoisotopic (exact) mass is 230 g/mol. The fourth-order valence-electron chi connectivity index (χ4n) is 1.97. The first kappa shape index (κ1) is 11.9. The summed E-state index contributed by atoms with van der Waals surface area (Å²) >= 11 is 0. The van der Waals surface area contributed by atoms with Crippen molar-refractivity contribution in [2.75, 3.05) is 7.05 Å². The van der Waals surface area contributed by atoms with Crippen molar-refractivity contribution in [1.82, 2.24) is 10.3 Å². The topological polar surface area (TPSA) is 38.1 Å². The normalized spacial score (nSPS) is 12.6. The van der Waals surface area contributed by atoms with Crippen molar-refractivity contribution in [2.24, 2.45) is 0 Å². The molecule has 1 N–H and O–H groups in total. The van der Waals surface area contributed by atoms with Gasteiger partial charge in [0, 0.05) is 6.92 Å². The molecular weight excluding hydrogens is 212 g/mol. The highest BCUT2D eigenvalue weighted by Crippen LogP contribution is 2.18. The maximum Gasteiger partial charge on any atom is 0.191 e. The summed E-state index contributed by atoms with van der Waals surface area (Å²) in [6.45, 7) is 3.97. The summed E-state index contributed by atoms with van der Waals surface area (Å²) in [6.07, 6.45) is 2.65. The van der Waals surface area contributed by atoms with Crippen LogP contribution < -0.4 is 5.32 Å². The van der Waals surface area contributed by atoms with E-state index in [4.69, 9.17) is 4.42 Å². The summed E-state index contributed by atoms with van der Waals surface area (Å²) in [5, 5.41) is 3.28. The first-order valence-electron chi connectivity index (χ1n) is 5.84. The van der Waals surface area contributed by atoms with Gasteiger partial charge in [0.05, 0.1) is 11.7 Å². The van der Waals surface area contributed by atoms with Crippen LogP contribution in [0.2, 0.25) is 0 Å². The SMILES string of the molecule is CNC(Cc1cccc(C)c1)c1coc(C)n1. The molecule has 0 saturated carbocycles. The number of nitrogens with zero attached hydrogens (tertiary/aromatic N) is 1. The maximum absolute atomic E-state index is 5.26. The van der Waals surface area contributed by atoms with E-state index in [2.05, 4.69) is 41.5 Å². The van der Waals surface area contributed by atoms with Gasteiger partial charge in [-0.05, 0) is 26.0 Å². The minimum absolute atomic E-state index is 0.203. The Balaban J connectivity index is 2.15. The standard InChI is InChI=1S/C14H18N2O/c1-10-5-4-6-12(7-10)8-13(15-3)14-9-17-11(2)16-14/h4-7,9,13,15H,8H2,1-3H3. The number of rotatable bonds is 4. The summed E-state index contributed by atoms with van der Waals surface area (Å²) in [7, 11) is 1.95. The maximum atomic E-state index is 5.26. The molecule has 1 heterocycles. The van der Waals surface area contributed by atoms with Crippen LogP contribution >= 0.6 is 0 Å². The van der Waals surface area contributed by atoms with E-state index < -0.39 is 0 Å². The zero-order chi connectivity index (χ0) is 12.3. The van der Waals surface area contributed by atoms with Crippen LogP contribution in [0.3, 0.4) is 0 Å². The molecule has 0 aliphatic heterocycles. The summed E-state index contributed by atoms with van der Waals surface area (Å²) in [6, 6.07) is 8.75. The Bertz CT molecular complexity index is 490. The second-order valence-electron chi connectivity index (χ2n) is 4.33. The molecule has 90 valence electrons. The zero-order valence-electron chi connectivity index (χ0n) is 10.5. The molecule has 0 saturated heterocycles. The second kappa shape index (κ2) is 5.15. The van der Waals surface area contributed by atoms with Crippen molar-refractivity contribution in [2.45, 2.75) is 26.3 Å². The number of benzene rings is 1. The Morgan fingerprint density at radius 1 is 1.35 bits per heavy atom. The van der Waals surface area contributed by atoms with Crippen molar-refractivity contribution in [3.8, 4) is 0 Å². The van der Waals surface area contributed by atoms with Crippen molar-refractivity contribution < 1.29 is 4.42 Å². The molecule has 2 aromatic rings. The fourth-order valence-corrected chi connectivity index (χ4v) is 1.97. The Morgan fingerprint density at radius 2 is 2.18 bits per heavy atom. The first-order valence-corrected chi connectivity index (χ1v) is 5.84. The molecule has 0 aliphatic rings. The molecule has 2 rings (SSSR count). The van der Waals surface area contributed by atoms with Crippen molar-refractivity contribution in [3.63, 3.8) is 0 Å². The summed E-state index contributed by atoms with van der Waals surface area (Å²) in [4.78, 5) is 4.37. The predicted octanol–water partition coefficient (Wildman–Crippen LogP) is 2.79. The van der Waals surface area contributed by atoms with Gasteiger partial charge in [0.25, 0.3) is 0 Å². The largest absolute Gasteiger partial charge is 0.449 e. The van der Waals surface area contributed by atoms with Crippen LogP contribution in [-0.2, 0) is 6.42 Å². The van der Waals surface area contributed by atoms with Crippen LogP contribution in [0.25, 0.3) is 0 Å². The lowest BCUT2D eigenvalue weighted by Gasteiger charge is -2.13. The molecule has 0 aliphatic carbocycles. The van der Waals surface area contributed by atoms with Crippen molar-refractivity contribution in [3.05, 3.63) is 53.2 Å². The van der Waals surface area contributed by atoms with Gasteiger partial charge in [-0.2, -0.15) is 0 Å². The van der Waals surface area contributed by atoms with Gasteiger partial charge < -0.3 is 9.73 Å². The van der Waals surface area contributed by atoms with Crippen LogP contribution in [0.5, 0.6) is 0 Å². The van der Waals surface area contributed by atoms with Crippen LogP contribution in [0.1, 0.15) is 28.8 Å². The molecule has 1 atom stereocenters. The van der Waals surface area contributed by atoms with Crippen molar-refractivity contribution >= 4 is 0 Å². The van der Waals surface area contributed by atoms with Crippen molar-refractivity contribution in [1.29, 1.82) is 0 Å². The summed E-state index contributed by atoms with van der Waals surface area (Å²) in [5.74, 6) is 0.712. The van der Waals surface area contributed by atoms with Crippen LogP contribution in [0, 0.1) is 13.8 Å². The molecule has 0 spiro atoms. The molecule has 0 amide bonds. The number of aromatic nitrogens is 1. The minimum Gasteiger partial charge on any atom is -0.449 e. The zero-order valence-corrected chi connectivity index (χ0v) is 10.5. The van der Waals surface area contributed by atoms with Gasteiger partial charge in [-0.25, -0.2) is 4.98 Å². The van der Waals surface area contributed by atoms with Crippen LogP contribution in [0.15, 0.2) is 34.9 Å². The quantitative estimate of drug-likeness (QED) is 0.877. The minimum atomic E-state index is 0.203. The molecule has 0 bridgehead atoms. The van der Waals surface area contributed by atoms with Crippen LogP contribution in [0.4, 0.5) is 0 Å². The Morgan fingerprint density at radius 3 is 2.76 bits per heavy atom. The lowest BCUT2D eigenvalue weighted by molar-refractivity contribution is 0.516. The third-order valence-corrected chi connectivity index (χ3v) is 2.86. The Labute approximate surface area is 102 Å². The Kier molecular flexibility index (Phi) is 3.59. The van der Waals surface area contributed by atoms with E-state index in [1.54, 1.807) is 6.26 Å². The molecule has 1 aromatic heterocycles. The second-order valence-corrected chi connectivity index (χ2v) is 4.33. The molecular formula is C14H18N2O. The number of oxazole rings is 1. The molecule has 0 radical (unpaired) electrons. The van der Waals surface area contributed by atoms with Gasteiger partial charge >= 0.3 is 0 Å². The molecule has 0 fully saturated rings. The lowest BCUT2D eigenvalue weighted by Crippen LogP contribution is -2.19. The highest BCUT2D eigenvalue weighted by atomic mass is 16.3. The van der Waals surface area contributed by atoms with E-state index >= 15 is 0 Å². The number of aryl methyl sites for hydroxylation is 2. The summed E-state index contributed by atoms with van der Waals surface area (Å²) in [5.41, 5.74) is 3.56. The average molecular weight is 230 g/mol. The molecule has 3 heteroatoms. The third-order valence-electron chi connectivity index (χ3n) is 2.86. The smallest absolute Gasteiger partial charge is 0.191 e. The van der Waals surface area contributed by atoms with Gasteiger partial charge in [0.2, 0.25) is 0 Å². The average Bonchev–Trinajstić information content (AvgIpc) is 2.73. The van der Waals surface area contributed by atoms with Gasteiger partial charge in [0.1, 0.15) is 6.26 Å². The molecule has 1 unspecified atom stereocenters. The predicted molar refractivity (Wildman–Crippen MR) is 67.9 cm³/mol. The molecule has 3 nitrogen and oxygen atoms in total.